The summed E-state index contributed by atoms with van der Waals surface area (Å²) in [5.74, 6) is 0.0798. The number of benzene rings is 1. The summed E-state index contributed by atoms with van der Waals surface area (Å²) < 4.78 is 19.5. The first-order chi connectivity index (χ1) is 8.79. The van der Waals surface area contributed by atoms with Gasteiger partial charge in [-0.1, -0.05) is 19.1 Å². The van der Waals surface area contributed by atoms with Crippen molar-refractivity contribution in [1.82, 2.24) is 5.32 Å². The highest BCUT2D eigenvalue weighted by Gasteiger charge is 2.12. The van der Waals surface area contributed by atoms with Crippen LogP contribution in [-0.2, 0) is 6.54 Å². The van der Waals surface area contributed by atoms with Crippen molar-refractivity contribution in [1.29, 1.82) is 0 Å². The Balaban J connectivity index is 2.00. The number of ether oxygens (including phenoxy) is 1. The van der Waals surface area contributed by atoms with E-state index >= 15 is 0 Å². The van der Waals surface area contributed by atoms with Crippen molar-refractivity contribution in [2.75, 3.05) is 6.54 Å². The van der Waals surface area contributed by atoms with Crippen LogP contribution < -0.4 is 10.1 Å². The molecular formula is C15H20FNO. The topological polar surface area (TPSA) is 21.3 Å². The van der Waals surface area contributed by atoms with Gasteiger partial charge in [0.25, 0.3) is 0 Å². The fourth-order valence-corrected chi connectivity index (χ4v) is 2.06. The molecule has 0 aromatic heterocycles. The third-order valence-electron chi connectivity index (χ3n) is 3.06. The highest BCUT2D eigenvalue weighted by atomic mass is 19.1. The van der Waals surface area contributed by atoms with E-state index in [0.29, 0.717) is 12.3 Å². The van der Waals surface area contributed by atoms with Gasteiger partial charge in [-0.25, -0.2) is 4.39 Å². The summed E-state index contributed by atoms with van der Waals surface area (Å²) in [7, 11) is 0. The highest BCUT2D eigenvalue weighted by Crippen LogP contribution is 2.23. The molecule has 3 heteroatoms. The zero-order valence-electron chi connectivity index (χ0n) is 10.8. The SMILES string of the molecule is CCNCc1ccc(OC2C=CCCC2)c(F)c1. The van der Waals surface area contributed by atoms with Crippen LogP contribution in [0.5, 0.6) is 5.75 Å². The molecule has 1 aromatic rings. The molecule has 1 aliphatic rings. The van der Waals surface area contributed by atoms with Crippen LogP contribution in [0, 0.1) is 5.82 Å². The average Bonchev–Trinajstić information content (AvgIpc) is 2.40. The molecule has 0 spiro atoms. The van der Waals surface area contributed by atoms with E-state index in [2.05, 4.69) is 11.4 Å². The van der Waals surface area contributed by atoms with Crippen molar-refractivity contribution in [3.05, 3.63) is 41.7 Å². The molecule has 18 heavy (non-hydrogen) atoms. The molecule has 1 atom stereocenters. The highest BCUT2D eigenvalue weighted by molar-refractivity contribution is 5.30. The van der Waals surface area contributed by atoms with Crippen molar-refractivity contribution in [3.8, 4) is 5.75 Å². The summed E-state index contributed by atoms with van der Waals surface area (Å²) in [5, 5.41) is 3.17. The van der Waals surface area contributed by atoms with Gasteiger partial charge in [-0.05, 0) is 49.6 Å². The zero-order valence-corrected chi connectivity index (χ0v) is 10.8. The zero-order chi connectivity index (χ0) is 12.8. The van der Waals surface area contributed by atoms with E-state index < -0.39 is 0 Å². The summed E-state index contributed by atoms with van der Waals surface area (Å²) in [6.45, 7) is 3.60. The molecule has 2 rings (SSSR count). The number of allylic oxidation sites excluding steroid dienone is 1. The lowest BCUT2D eigenvalue weighted by molar-refractivity contribution is 0.220. The molecule has 98 valence electrons. The Kier molecular flexibility index (Phi) is 4.76. The number of hydrogen-bond acceptors (Lipinski definition) is 2. The van der Waals surface area contributed by atoms with Crippen molar-refractivity contribution in [2.45, 2.75) is 38.8 Å². The lowest BCUT2D eigenvalue weighted by Crippen LogP contribution is -2.16. The minimum atomic E-state index is -0.274. The fraction of sp³-hybridized carbons (Fsp3) is 0.467. The smallest absolute Gasteiger partial charge is 0.165 e. The Morgan fingerprint density at radius 1 is 1.44 bits per heavy atom. The molecule has 2 nitrogen and oxygen atoms in total. The van der Waals surface area contributed by atoms with Crippen molar-refractivity contribution >= 4 is 0 Å². The first kappa shape index (κ1) is 13.1. The Hall–Kier alpha value is -1.35. The van der Waals surface area contributed by atoms with Crippen molar-refractivity contribution in [3.63, 3.8) is 0 Å². The molecule has 0 fully saturated rings. The van der Waals surface area contributed by atoms with Gasteiger partial charge in [0.2, 0.25) is 0 Å². The molecule has 1 aromatic carbocycles. The molecule has 0 saturated carbocycles. The maximum atomic E-state index is 13.9. The molecule has 0 saturated heterocycles. The van der Waals surface area contributed by atoms with E-state index in [1.165, 1.54) is 0 Å². The molecule has 0 aliphatic heterocycles. The molecular weight excluding hydrogens is 229 g/mol. The second kappa shape index (κ2) is 6.55. The normalized spacial score (nSPS) is 18.9. The number of halogens is 1. The quantitative estimate of drug-likeness (QED) is 0.807. The molecule has 1 aliphatic carbocycles. The van der Waals surface area contributed by atoms with E-state index in [1.54, 1.807) is 12.1 Å². The van der Waals surface area contributed by atoms with Gasteiger partial charge in [-0.3, -0.25) is 0 Å². The first-order valence-corrected chi connectivity index (χ1v) is 6.62. The first-order valence-electron chi connectivity index (χ1n) is 6.62. The Labute approximate surface area is 108 Å². The monoisotopic (exact) mass is 249 g/mol. The number of nitrogens with one attached hydrogen (secondary N) is 1. The van der Waals surface area contributed by atoms with Crippen molar-refractivity contribution < 1.29 is 9.13 Å². The third-order valence-corrected chi connectivity index (χ3v) is 3.06. The Morgan fingerprint density at radius 3 is 3.00 bits per heavy atom. The van der Waals surface area contributed by atoms with Gasteiger partial charge in [0.05, 0.1) is 0 Å². The second-order valence-electron chi connectivity index (χ2n) is 4.56. The summed E-state index contributed by atoms with van der Waals surface area (Å²) in [4.78, 5) is 0. The molecule has 0 radical (unpaired) electrons. The van der Waals surface area contributed by atoms with Crippen LogP contribution in [0.25, 0.3) is 0 Å². The number of hydrogen-bond donors (Lipinski definition) is 1. The van der Waals surface area contributed by atoms with Crippen LogP contribution >= 0.6 is 0 Å². The molecule has 0 heterocycles. The van der Waals surface area contributed by atoms with E-state index in [9.17, 15) is 4.39 Å². The fourth-order valence-electron chi connectivity index (χ4n) is 2.06. The maximum Gasteiger partial charge on any atom is 0.165 e. The van der Waals surface area contributed by atoms with E-state index in [4.69, 9.17) is 4.74 Å². The lowest BCUT2D eigenvalue weighted by atomic mass is 10.1. The number of rotatable bonds is 5. The summed E-state index contributed by atoms with van der Waals surface area (Å²) in [5.41, 5.74) is 0.945. The predicted molar refractivity (Wildman–Crippen MR) is 71.2 cm³/mol. The summed E-state index contributed by atoms with van der Waals surface area (Å²) in [6.07, 6.45) is 7.33. The minimum absolute atomic E-state index is 0.0212. The van der Waals surface area contributed by atoms with Crippen LogP contribution in [-0.4, -0.2) is 12.6 Å². The molecule has 1 N–H and O–H groups in total. The molecule has 0 amide bonds. The van der Waals surface area contributed by atoms with E-state index in [0.717, 1.165) is 31.4 Å². The van der Waals surface area contributed by atoms with Gasteiger partial charge >= 0.3 is 0 Å². The summed E-state index contributed by atoms with van der Waals surface area (Å²) in [6, 6.07) is 5.18. The van der Waals surface area contributed by atoms with Gasteiger partial charge in [0.15, 0.2) is 11.6 Å². The lowest BCUT2D eigenvalue weighted by Gasteiger charge is -2.19. The average molecular weight is 249 g/mol. The summed E-state index contributed by atoms with van der Waals surface area (Å²) >= 11 is 0. The maximum absolute atomic E-state index is 13.9. The Morgan fingerprint density at radius 2 is 2.33 bits per heavy atom. The van der Waals surface area contributed by atoms with Crippen LogP contribution in [0.1, 0.15) is 31.7 Å². The van der Waals surface area contributed by atoms with Gasteiger partial charge < -0.3 is 10.1 Å². The standard InChI is InChI=1S/C15H20FNO/c1-2-17-11-12-8-9-15(14(16)10-12)18-13-6-4-3-5-7-13/h4,6,8-10,13,17H,2-3,5,7,11H2,1H3. The van der Waals surface area contributed by atoms with Crippen LogP contribution in [0.4, 0.5) is 4.39 Å². The Bertz CT molecular complexity index is 417. The second-order valence-corrected chi connectivity index (χ2v) is 4.56. The minimum Gasteiger partial charge on any atom is -0.483 e. The van der Waals surface area contributed by atoms with Crippen molar-refractivity contribution in [2.24, 2.45) is 0 Å². The van der Waals surface area contributed by atoms with E-state index in [1.807, 2.05) is 19.1 Å². The van der Waals surface area contributed by atoms with Crippen LogP contribution in [0.2, 0.25) is 0 Å². The predicted octanol–water partition coefficient (Wildman–Crippen LogP) is 3.42. The van der Waals surface area contributed by atoms with Gasteiger partial charge in [-0.2, -0.15) is 0 Å². The van der Waals surface area contributed by atoms with Gasteiger partial charge in [0, 0.05) is 6.54 Å². The van der Waals surface area contributed by atoms with Crippen LogP contribution in [0.15, 0.2) is 30.4 Å². The molecule has 0 bridgehead atoms. The third kappa shape index (κ3) is 3.57. The molecule has 1 unspecified atom stereocenters. The van der Waals surface area contributed by atoms with Gasteiger partial charge in [0.1, 0.15) is 6.10 Å². The van der Waals surface area contributed by atoms with Crippen LogP contribution in [0.3, 0.4) is 0 Å². The van der Waals surface area contributed by atoms with E-state index in [-0.39, 0.29) is 11.9 Å². The largest absolute Gasteiger partial charge is 0.483 e. The van der Waals surface area contributed by atoms with Gasteiger partial charge in [-0.15, -0.1) is 0 Å².